The summed E-state index contributed by atoms with van der Waals surface area (Å²) in [5.74, 6) is 1.01. The van der Waals surface area contributed by atoms with E-state index in [-0.39, 0.29) is 18.2 Å². The van der Waals surface area contributed by atoms with Crippen LogP contribution in [0.5, 0.6) is 5.75 Å². The highest BCUT2D eigenvalue weighted by molar-refractivity contribution is 5.79. The van der Waals surface area contributed by atoms with Crippen LogP contribution in [0.2, 0.25) is 0 Å². The molecule has 0 aliphatic carbocycles. The van der Waals surface area contributed by atoms with Crippen LogP contribution >= 0.6 is 0 Å². The summed E-state index contributed by atoms with van der Waals surface area (Å²) in [5, 5.41) is 0.396. The first kappa shape index (κ1) is 24.3. The second-order valence-corrected chi connectivity index (χ2v) is 8.72. The van der Waals surface area contributed by atoms with Gasteiger partial charge in [0.2, 0.25) is 0 Å². The number of hydrogen-bond donors (Lipinski definition) is 0. The van der Waals surface area contributed by atoms with E-state index in [2.05, 4.69) is 0 Å². The summed E-state index contributed by atoms with van der Waals surface area (Å²) in [6, 6.07) is 29.0. The van der Waals surface area contributed by atoms with Crippen LogP contribution < -0.4 is 10.3 Å². The Morgan fingerprint density at radius 3 is 2.00 bits per heavy atom. The van der Waals surface area contributed by atoms with Gasteiger partial charge in [0.1, 0.15) is 18.2 Å². The van der Waals surface area contributed by atoms with Gasteiger partial charge in [-0.25, -0.2) is 4.98 Å². The molecule has 0 amide bonds. The average Bonchev–Trinajstić information content (AvgIpc) is 2.91. The van der Waals surface area contributed by atoms with E-state index in [1.165, 1.54) is 12.1 Å². The predicted octanol–water partition coefficient (Wildman–Crippen LogP) is 6.94. The van der Waals surface area contributed by atoms with Crippen LogP contribution in [0.1, 0.15) is 34.1 Å². The topological polar surface area (TPSA) is 44.1 Å². The van der Waals surface area contributed by atoms with Crippen molar-refractivity contribution in [2.45, 2.75) is 25.7 Å². The molecule has 186 valence electrons. The lowest BCUT2D eigenvalue weighted by Crippen LogP contribution is -2.29. The zero-order valence-corrected chi connectivity index (χ0v) is 19.9. The van der Waals surface area contributed by atoms with Crippen molar-refractivity contribution in [2.75, 3.05) is 0 Å². The van der Waals surface area contributed by atoms with Crippen LogP contribution in [0, 0.1) is 6.92 Å². The van der Waals surface area contributed by atoms with Crippen LogP contribution in [0.4, 0.5) is 13.2 Å². The second-order valence-electron chi connectivity index (χ2n) is 8.72. The molecule has 0 atom stereocenters. The lowest BCUT2D eigenvalue weighted by Gasteiger charge is -2.23. The van der Waals surface area contributed by atoms with E-state index in [4.69, 9.17) is 9.72 Å². The van der Waals surface area contributed by atoms with Gasteiger partial charge < -0.3 is 4.74 Å². The smallest absolute Gasteiger partial charge is 0.416 e. The van der Waals surface area contributed by atoms with E-state index >= 15 is 0 Å². The van der Waals surface area contributed by atoms with Crippen molar-refractivity contribution in [3.8, 4) is 5.75 Å². The van der Waals surface area contributed by atoms with Crippen molar-refractivity contribution >= 4 is 10.9 Å². The Kier molecular flexibility index (Phi) is 6.53. The molecule has 7 heteroatoms. The maximum Gasteiger partial charge on any atom is 0.416 e. The summed E-state index contributed by atoms with van der Waals surface area (Å²) in [5.41, 5.74) is 2.11. The van der Waals surface area contributed by atoms with Crippen molar-refractivity contribution in [1.82, 2.24) is 9.55 Å². The predicted molar refractivity (Wildman–Crippen MR) is 137 cm³/mol. The summed E-state index contributed by atoms with van der Waals surface area (Å²) >= 11 is 0. The molecule has 4 nitrogen and oxygen atoms in total. The normalized spacial score (nSPS) is 11.7. The zero-order chi connectivity index (χ0) is 26.0. The Bertz CT molecular complexity index is 1540. The summed E-state index contributed by atoms with van der Waals surface area (Å²) in [4.78, 5) is 18.6. The Balaban J connectivity index is 1.52. The first-order valence-corrected chi connectivity index (χ1v) is 11.7. The molecular weight excluding hydrogens is 477 g/mol. The average molecular weight is 501 g/mol. The van der Waals surface area contributed by atoms with Gasteiger partial charge in [-0.1, -0.05) is 72.8 Å². The molecule has 1 aromatic heterocycles. The van der Waals surface area contributed by atoms with Gasteiger partial charge in [0, 0.05) is 0 Å². The maximum absolute atomic E-state index is 13.9. The van der Waals surface area contributed by atoms with E-state index < -0.39 is 11.7 Å². The van der Waals surface area contributed by atoms with Crippen LogP contribution in [0.25, 0.3) is 10.9 Å². The number of ether oxygens (including phenoxy) is 1. The molecule has 0 radical (unpaired) electrons. The van der Waals surface area contributed by atoms with Crippen LogP contribution in [0.3, 0.4) is 0 Å². The number of alkyl halides is 3. The van der Waals surface area contributed by atoms with Gasteiger partial charge in [-0.3, -0.25) is 9.36 Å². The van der Waals surface area contributed by atoms with Crippen molar-refractivity contribution in [3.05, 3.63) is 142 Å². The zero-order valence-electron chi connectivity index (χ0n) is 19.9. The molecule has 4 aromatic carbocycles. The summed E-state index contributed by atoms with van der Waals surface area (Å²) in [6.07, 6.45) is -4.39. The summed E-state index contributed by atoms with van der Waals surface area (Å²) in [7, 11) is 0. The van der Waals surface area contributed by atoms with Gasteiger partial charge in [-0.05, 0) is 53.9 Å². The number of benzene rings is 4. The van der Waals surface area contributed by atoms with E-state index in [9.17, 15) is 18.0 Å². The molecular formula is C30H23F3N2O2. The minimum atomic E-state index is -4.39. The van der Waals surface area contributed by atoms with Gasteiger partial charge >= 0.3 is 6.18 Å². The fourth-order valence-electron chi connectivity index (χ4n) is 4.40. The number of aryl methyl sites for hydroxylation is 1. The summed E-state index contributed by atoms with van der Waals surface area (Å²) < 4.78 is 46.0. The van der Waals surface area contributed by atoms with E-state index in [0.717, 1.165) is 23.3 Å². The Labute approximate surface area is 211 Å². The fourth-order valence-corrected chi connectivity index (χ4v) is 4.40. The number of nitrogens with zero attached hydrogens (tertiary/aromatic N) is 2. The molecule has 0 spiro atoms. The Hall–Kier alpha value is -4.39. The molecule has 1 heterocycles. The molecule has 5 aromatic rings. The Morgan fingerprint density at radius 2 is 1.43 bits per heavy atom. The highest BCUT2D eigenvalue weighted by atomic mass is 19.4. The molecule has 0 saturated carbocycles. The van der Waals surface area contributed by atoms with Crippen LogP contribution in [-0.4, -0.2) is 9.55 Å². The van der Waals surface area contributed by atoms with Gasteiger partial charge in [-0.15, -0.1) is 0 Å². The number of aromatic nitrogens is 2. The number of halogens is 3. The van der Waals surface area contributed by atoms with Crippen LogP contribution in [-0.2, 0) is 12.8 Å². The molecule has 0 unspecified atom stereocenters. The van der Waals surface area contributed by atoms with Gasteiger partial charge in [0.05, 0.1) is 22.5 Å². The standard InChI is InChI=1S/C30H23F3N2O2/c1-20-34-27-17-16-25(37-19-21-12-14-24(15-13-21)30(31,32)33)18-26(27)29(36)35(20)28(22-8-4-2-5-9-22)23-10-6-3-7-11-23/h2-18,28H,19H2,1H3. The molecule has 0 fully saturated rings. The number of rotatable bonds is 6. The Morgan fingerprint density at radius 1 is 0.838 bits per heavy atom. The SMILES string of the molecule is Cc1nc2ccc(OCc3ccc(C(F)(F)F)cc3)cc2c(=O)n1C(c1ccccc1)c1ccccc1. The van der Waals surface area contributed by atoms with Crippen molar-refractivity contribution < 1.29 is 17.9 Å². The van der Waals surface area contributed by atoms with E-state index in [1.807, 2.05) is 67.6 Å². The number of fused-ring (bicyclic) bond motifs is 1. The first-order chi connectivity index (χ1) is 17.8. The quantitative estimate of drug-likeness (QED) is 0.254. The highest BCUT2D eigenvalue weighted by Crippen LogP contribution is 2.30. The minimum Gasteiger partial charge on any atom is -0.489 e. The molecule has 0 aliphatic rings. The lowest BCUT2D eigenvalue weighted by atomic mass is 9.98. The van der Waals surface area contributed by atoms with E-state index in [0.29, 0.717) is 28.0 Å². The molecule has 0 aliphatic heterocycles. The third kappa shape index (κ3) is 5.11. The molecule has 0 saturated heterocycles. The lowest BCUT2D eigenvalue weighted by molar-refractivity contribution is -0.137. The maximum atomic E-state index is 13.9. The molecule has 37 heavy (non-hydrogen) atoms. The van der Waals surface area contributed by atoms with E-state index in [1.54, 1.807) is 22.8 Å². The largest absolute Gasteiger partial charge is 0.489 e. The highest BCUT2D eigenvalue weighted by Gasteiger charge is 2.30. The second kappa shape index (κ2) is 9.93. The minimum absolute atomic E-state index is 0.0633. The van der Waals surface area contributed by atoms with Crippen molar-refractivity contribution in [1.29, 1.82) is 0 Å². The monoisotopic (exact) mass is 500 g/mol. The molecule has 0 N–H and O–H groups in total. The van der Waals surface area contributed by atoms with Gasteiger partial charge in [0.15, 0.2) is 0 Å². The van der Waals surface area contributed by atoms with Crippen molar-refractivity contribution in [2.24, 2.45) is 0 Å². The fraction of sp³-hybridized carbons (Fsp3) is 0.133. The van der Waals surface area contributed by atoms with Crippen molar-refractivity contribution in [3.63, 3.8) is 0 Å². The molecule has 5 rings (SSSR count). The van der Waals surface area contributed by atoms with Gasteiger partial charge in [-0.2, -0.15) is 13.2 Å². The summed E-state index contributed by atoms with van der Waals surface area (Å²) in [6.45, 7) is 1.88. The number of hydrogen-bond acceptors (Lipinski definition) is 3. The van der Waals surface area contributed by atoms with Crippen LogP contribution in [0.15, 0.2) is 108 Å². The third-order valence-electron chi connectivity index (χ3n) is 6.22. The first-order valence-electron chi connectivity index (χ1n) is 11.7. The van der Waals surface area contributed by atoms with Gasteiger partial charge in [0.25, 0.3) is 5.56 Å². The third-order valence-corrected chi connectivity index (χ3v) is 6.22. The molecule has 0 bridgehead atoms.